The average molecular weight is 370 g/mol. The molecule has 1 aliphatic carbocycles. The molecule has 7 nitrogen and oxygen atoms in total. The number of guanidine groups is 1. The second kappa shape index (κ2) is 9.12. The van der Waals surface area contributed by atoms with E-state index in [2.05, 4.69) is 15.6 Å². The minimum atomic E-state index is -0.579. The molecule has 0 atom stereocenters. The maximum absolute atomic E-state index is 11.1. The van der Waals surface area contributed by atoms with E-state index in [1.165, 1.54) is 12.8 Å². The van der Waals surface area contributed by atoms with Crippen LogP contribution in [-0.2, 0) is 13.1 Å². The highest BCUT2D eigenvalue weighted by atomic mass is 16.5. The maximum atomic E-state index is 11.1. The van der Waals surface area contributed by atoms with Crippen molar-refractivity contribution in [1.82, 2.24) is 10.6 Å². The summed E-state index contributed by atoms with van der Waals surface area (Å²) in [6.07, 6.45) is 2.53. The molecule has 0 spiro atoms. The molecule has 0 radical (unpaired) electrons. The molecule has 27 heavy (non-hydrogen) atoms. The number of para-hydroxylation sites is 1. The van der Waals surface area contributed by atoms with Crippen LogP contribution in [0.4, 0.5) is 0 Å². The van der Waals surface area contributed by atoms with Gasteiger partial charge in [0.05, 0.1) is 19.7 Å². The van der Waals surface area contributed by atoms with Crippen molar-refractivity contribution < 1.29 is 13.9 Å². The van der Waals surface area contributed by atoms with Gasteiger partial charge in [0.15, 0.2) is 11.7 Å². The molecule has 0 bridgehead atoms. The number of primary amides is 1. The predicted octanol–water partition coefficient (Wildman–Crippen LogP) is 2.42. The first kappa shape index (κ1) is 18.8. The number of aliphatic imine (C=N–C) groups is 1. The zero-order valence-electron chi connectivity index (χ0n) is 15.5. The van der Waals surface area contributed by atoms with Gasteiger partial charge in [0.2, 0.25) is 0 Å². The number of hydrogen-bond donors (Lipinski definition) is 3. The number of nitrogens with two attached hydrogens (primary N) is 1. The van der Waals surface area contributed by atoms with Crippen LogP contribution >= 0.6 is 0 Å². The van der Waals surface area contributed by atoms with Crippen molar-refractivity contribution in [3.63, 3.8) is 0 Å². The molecule has 1 fully saturated rings. The fraction of sp³-hybridized carbons (Fsp3) is 0.400. The van der Waals surface area contributed by atoms with Gasteiger partial charge < -0.3 is 25.5 Å². The Hall–Kier alpha value is -2.96. The van der Waals surface area contributed by atoms with Crippen molar-refractivity contribution in [2.45, 2.75) is 32.9 Å². The molecule has 0 saturated heterocycles. The quantitative estimate of drug-likeness (QED) is 0.465. The Morgan fingerprint density at radius 1 is 1.26 bits per heavy atom. The largest absolute Gasteiger partial charge is 0.493 e. The third kappa shape index (κ3) is 5.77. The van der Waals surface area contributed by atoms with Gasteiger partial charge in [-0.3, -0.25) is 4.79 Å². The van der Waals surface area contributed by atoms with Gasteiger partial charge in [0.1, 0.15) is 11.5 Å². The van der Waals surface area contributed by atoms with Crippen LogP contribution in [0.2, 0.25) is 0 Å². The van der Waals surface area contributed by atoms with E-state index in [1.54, 1.807) is 12.1 Å². The van der Waals surface area contributed by atoms with Crippen LogP contribution in [0, 0.1) is 5.92 Å². The summed E-state index contributed by atoms with van der Waals surface area (Å²) in [5.41, 5.74) is 6.25. The van der Waals surface area contributed by atoms with Crippen LogP contribution in [0.15, 0.2) is 45.8 Å². The zero-order valence-corrected chi connectivity index (χ0v) is 15.5. The van der Waals surface area contributed by atoms with Gasteiger partial charge in [-0.1, -0.05) is 18.2 Å². The Balaban J connectivity index is 1.60. The number of carbonyl (C=O) groups is 1. The molecule has 1 heterocycles. The van der Waals surface area contributed by atoms with Gasteiger partial charge in [-0.2, -0.15) is 0 Å². The molecule has 4 N–H and O–H groups in total. The molecule has 0 unspecified atom stereocenters. The summed E-state index contributed by atoms with van der Waals surface area (Å²) < 4.78 is 11.3. The summed E-state index contributed by atoms with van der Waals surface area (Å²) in [7, 11) is 0. The summed E-state index contributed by atoms with van der Waals surface area (Å²) in [5.74, 6) is 2.44. The van der Waals surface area contributed by atoms with Crippen LogP contribution in [0.3, 0.4) is 0 Å². The molecule has 1 aromatic carbocycles. The molecule has 1 aromatic heterocycles. The molecule has 144 valence electrons. The highest BCUT2D eigenvalue weighted by Gasteiger charge is 2.22. The number of amides is 1. The van der Waals surface area contributed by atoms with Gasteiger partial charge in [0, 0.05) is 12.1 Å². The molecule has 7 heteroatoms. The topological polar surface area (TPSA) is 102 Å². The Labute approximate surface area is 159 Å². The Bertz CT molecular complexity index is 796. The van der Waals surface area contributed by atoms with Crippen molar-refractivity contribution in [2.24, 2.45) is 16.6 Å². The molecule has 1 aliphatic rings. The number of carbonyl (C=O) groups excluding carboxylic acids is 1. The van der Waals surface area contributed by atoms with E-state index >= 15 is 0 Å². The lowest BCUT2D eigenvalue weighted by molar-refractivity contribution is 0.0972. The van der Waals surface area contributed by atoms with E-state index in [4.69, 9.17) is 14.9 Å². The van der Waals surface area contributed by atoms with E-state index in [1.807, 2.05) is 31.2 Å². The first-order valence-electron chi connectivity index (χ1n) is 9.27. The van der Waals surface area contributed by atoms with Crippen LogP contribution in [-0.4, -0.2) is 25.0 Å². The lowest BCUT2D eigenvalue weighted by atomic mass is 10.2. The molecule has 1 saturated carbocycles. The first-order chi connectivity index (χ1) is 13.2. The second-order valence-electron chi connectivity index (χ2n) is 6.54. The summed E-state index contributed by atoms with van der Waals surface area (Å²) >= 11 is 0. The predicted molar refractivity (Wildman–Crippen MR) is 104 cm³/mol. The Morgan fingerprint density at radius 2 is 2.07 bits per heavy atom. The van der Waals surface area contributed by atoms with Gasteiger partial charge in [-0.05, 0) is 43.9 Å². The summed E-state index contributed by atoms with van der Waals surface area (Å²) in [5, 5.41) is 6.39. The maximum Gasteiger partial charge on any atom is 0.284 e. The van der Waals surface area contributed by atoms with Crippen LogP contribution in [0.25, 0.3) is 0 Å². The monoisotopic (exact) mass is 370 g/mol. The standard InChI is InChI=1S/C20H26N4O3/c1-2-22-20(24-12-16-9-10-18(27-16)19(21)25)23-11-15-5-3-4-6-17(15)26-13-14-7-8-14/h3-6,9-10,14H,2,7-8,11-13H2,1H3,(H2,21,25)(H2,22,23,24). The summed E-state index contributed by atoms with van der Waals surface area (Å²) in [4.78, 5) is 15.7. The smallest absolute Gasteiger partial charge is 0.284 e. The number of nitrogens with zero attached hydrogens (tertiary/aromatic N) is 1. The van der Waals surface area contributed by atoms with Crippen molar-refractivity contribution in [3.05, 3.63) is 53.5 Å². The van der Waals surface area contributed by atoms with Gasteiger partial charge in [-0.15, -0.1) is 0 Å². The fourth-order valence-corrected chi connectivity index (χ4v) is 2.55. The highest BCUT2D eigenvalue weighted by Crippen LogP contribution is 2.30. The van der Waals surface area contributed by atoms with Crippen LogP contribution in [0.1, 0.15) is 41.6 Å². The molecular weight excluding hydrogens is 344 g/mol. The van der Waals surface area contributed by atoms with Crippen molar-refractivity contribution >= 4 is 11.9 Å². The second-order valence-corrected chi connectivity index (χ2v) is 6.54. The average Bonchev–Trinajstić information content (AvgIpc) is 3.37. The molecule has 2 aromatic rings. The van der Waals surface area contributed by atoms with Crippen molar-refractivity contribution in [1.29, 1.82) is 0 Å². The van der Waals surface area contributed by atoms with Crippen molar-refractivity contribution in [3.8, 4) is 5.75 Å². The van der Waals surface area contributed by atoms with Crippen LogP contribution in [0.5, 0.6) is 5.75 Å². The van der Waals surface area contributed by atoms with Crippen LogP contribution < -0.4 is 21.1 Å². The van der Waals surface area contributed by atoms with Gasteiger partial charge >= 0.3 is 0 Å². The van der Waals surface area contributed by atoms with E-state index in [0.717, 1.165) is 24.5 Å². The zero-order chi connectivity index (χ0) is 19.1. The number of ether oxygens (including phenoxy) is 1. The van der Waals surface area contributed by atoms with E-state index in [9.17, 15) is 4.79 Å². The van der Waals surface area contributed by atoms with E-state index in [-0.39, 0.29) is 5.76 Å². The number of benzene rings is 1. The van der Waals surface area contributed by atoms with E-state index in [0.29, 0.717) is 30.7 Å². The highest BCUT2D eigenvalue weighted by molar-refractivity contribution is 5.89. The lowest BCUT2D eigenvalue weighted by Gasteiger charge is -2.12. The summed E-state index contributed by atoms with van der Waals surface area (Å²) in [6, 6.07) is 11.3. The first-order valence-corrected chi connectivity index (χ1v) is 9.27. The third-order valence-electron chi connectivity index (χ3n) is 4.23. The fourth-order valence-electron chi connectivity index (χ4n) is 2.55. The molecule has 0 aliphatic heterocycles. The van der Waals surface area contributed by atoms with Gasteiger partial charge in [0.25, 0.3) is 5.91 Å². The Kier molecular flexibility index (Phi) is 6.35. The van der Waals surface area contributed by atoms with Gasteiger partial charge in [-0.25, -0.2) is 4.99 Å². The number of hydrogen-bond acceptors (Lipinski definition) is 4. The third-order valence-corrected chi connectivity index (χ3v) is 4.23. The normalized spacial score (nSPS) is 14.0. The molecular formula is C20H26N4O3. The van der Waals surface area contributed by atoms with Crippen molar-refractivity contribution in [2.75, 3.05) is 13.2 Å². The minimum Gasteiger partial charge on any atom is -0.493 e. The molecule has 3 rings (SSSR count). The lowest BCUT2D eigenvalue weighted by Crippen LogP contribution is -2.36. The molecule has 1 amide bonds. The summed E-state index contributed by atoms with van der Waals surface area (Å²) in [6.45, 7) is 4.41. The number of nitrogens with one attached hydrogen (secondary N) is 2. The SMILES string of the molecule is CCNC(=NCc1ccccc1OCC1CC1)NCc1ccc(C(N)=O)o1. The minimum absolute atomic E-state index is 0.149. The number of rotatable bonds is 9. The Morgan fingerprint density at radius 3 is 2.78 bits per heavy atom. The number of furan rings is 1. The van der Waals surface area contributed by atoms with E-state index < -0.39 is 5.91 Å².